The Morgan fingerprint density at radius 3 is 2.60 bits per heavy atom. The van der Waals surface area contributed by atoms with Crippen molar-refractivity contribution in [3.63, 3.8) is 0 Å². The minimum absolute atomic E-state index is 0.117. The molecule has 0 bridgehead atoms. The zero-order chi connectivity index (χ0) is 15.0. The monoisotopic (exact) mass is 281 g/mol. The summed E-state index contributed by atoms with van der Waals surface area (Å²) < 4.78 is 12.8. The lowest BCUT2D eigenvalue weighted by atomic mass is 10.0. The number of hydrogen-bond donors (Lipinski definition) is 2. The number of carbonyl (C=O) groups is 1. The molecule has 0 radical (unpaired) electrons. The molecule has 0 spiro atoms. The number of aromatic hydroxyl groups is 1. The number of carbonyl (C=O) groups excluding carboxylic acids is 1. The summed E-state index contributed by atoms with van der Waals surface area (Å²) in [6, 6.07) is 3.41. The molecule has 4 heteroatoms. The van der Waals surface area contributed by atoms with Crippen molar-refractivity contribution in [2.45, 2.75) is 46.0 Å². The van der Waals surface area contributed by atoms with Gasteiger partial charge in [0.15, 0.2) is 0 Å². The summed E-state index contributed by atoms with van der Waals surface area (Å²) in [5.74, 6) is -0.482. The van der Waals surface area contributed by atoms with Crippen LogP contribution in [0.2, 0.25) is 0 Å². The highest BCUT2D eigenvalue weighted by molar-refractivity contribution is 5.96. The Morgan fingerprint density at radius 1 is 1.25 bits per heavy atom. The van der Waals surface area contributed by atoms with Crippen molar-refractivity contribution in [2.75, 3.05) is 6.54 Å². The third kappa shape index (κ3) is 6.04. The molecule has 1 amide bonds. The number of halogens is 1. The molecule has 0 aliphatic heterocycles. The van der Waals surface area contributed by atoms with Gasteiger partial charge in [0.2, 0.25) is 0 Å². The molecule has 1 aromatic rings. The van der Waals surface area contributed by atoms with Crippen LogP contribution in [0.1, 0.15) is 56.3 Å². The van der Waals surface area contributed by atoms with Crippen molar-refractivity contribution in [1.82, 2.24) is 5.32 Å². The predicted octanol–water partition coefficient (Wildman–Crippen LogP) is 3.87. The normalized spacial score (nSPS) is 10.8. The van der Waals surface area contributed by atoms with E-state index in [1.165, 1.54) is 31.4 Å². The lowest BCUT2D eigenvalue weighted by molar-refractivity contribution is 0.0950. The van der Waals surface area contributed by atoms with E-state index in [1.54, 1.807) is 0 Å². The van der Waals surface area contributed by atoms with Gasteiger partial charge < -0.3 is 10.4 Å². The molecular formula is C16H24FNO2. The smallest absolute Gasteiger partial charge is 0.255 e. The molecule has 0 aromatic heterocycles. The van der Waals surface area contributed by atoms with Crippen LogP contribution in [0, 0.1) is 11.7 Å². The molecule has 1 rings (SSSR count). The number of amides is 1. The quantitative estimate of drug-likeness (QED) is 0.711. The van der Waals surface area contributed by atoms with E-state index in [-0.39, 0.29) is 17.2 Å². The van der Waals surface area contributed by atoms with E-state index in [2.05, 4.69) is 19.2 Å². The van der Waals surface area contributed by atoms with Gasteiger partial charge in [-0.05, 0) is 24.5 Å². The molecule has 0 aliphatic rings. The lowest BCUT2D eigenvalue weighted by Crippen LogP contribution is -2.24. The van der Waals surface area contributed by atoms with Gasteiger partial charge in [0.25, 0.3) is 5.91 Å². The van der Waals surface area contributed by atoms with Crippen LogP contribution >= 0.6 is 0 Å². The first-order valence-corrected chi connectivity index (χ1v) is 7.27. The Kier molecular flexibility index (Phi) is 7.05. The summed E-state index contributed by atoms with van der Waals surface area (Å²) in [5.41, 5.74) is 0.117. The number of phenols is 1. The first-order chi connectivity index (χ1) is 9.50. The largest absolute Gasteiger partial charge is 0.507 e. The maximum Gasteiger partial charge on any atom is 0.255 e. The fourth-order valence-corrected chi connectivity index (χ4v) is 2.03. The van der Waals surface area contributed by atoms with Gasteiger partial charge in [-0.3, -0.25) is 4.79 Å². The average molecular weight is 281 g/mol. The molecule has 0 atom stereocenters. The fourth-order valence-electron chi connectivity index (χ4n) is 2.03. The van der Waals surface area contributed by atoms with Gasteiger partial charge in [-0.2, -0.15) is 0 Å². The zero-order valence-electron chi connectivity index (χ0n) is 12.3. The highest BCUT2D eigenvalue weighted by atomic mass is 19.1. The standard InChI is InChI=1S/C16H24FNO2/c1-12(2)7-5-3-4-6-10-18-16(20)14-9-8-13(17)11-15(14)19/h8-9,11-12,19H,3-7,10H2,1-2H3,(H,18,20). The molecule has 0 unspecified atom stereocenters. The molecule has 0 fully saturated rings. The van der Waals surface area contributed by atoms with Crippen LogP contribution in [0.4, 0.5) is 4.39 Å². The van der Waals surface area contributed by atoms with E-state index in [1.807, 2.05) is 0 Å². The maximum absolute atomic E-state index is 12.8. The zero-order valence-corrected chi connectivity index (χ0v) is 12.3. The second-order valence-corrected chi connectivity index (χ2v) is 5.51. The van der Waals surface area contributed by atoms with Crippen LogP contribution in [-0.4, -0.2) is 17.6 Å². The Bertz CT molecular complexity index is 432. The van der Waals surface area contributed by atoms with Gasteiger partial charge in [0, 0.05) is 12.6 Å². The van der Waals surface area contributed by atoms with Gasteiger partial charge in [-0.25, -0.2) is 4.39 Å². The number of unbranched alkanes of at least 4 members (excludes halogenated alkanes) is 3. The van der Waals surface area contributed by atoms with Crippen molar-refractivity contribution in [3.05, 3.63) is 29.6 Å². The third-order valence-electron chi connectivity index (χ3n) is 3.20. The van der Waals surface area contributed by atoms with Crippen LogP contribution < -0.4 is 5.32 Å². The third-order valence-corrected chi connectivity index (χ3v) is 3.20. The average Bonchev–Trinajstić information content (AvgIpc) is 2.37. The van der Waals surface area contributed by atoms with Crippen molar-refractivity contribution in [2.24, 2.45) is 5.92 Å². The molecule has 112 valence electrons. The van der Waals surface area contributed by atoms with Crippen LogP contribution in [0.15, 0.2) is 18.2 Å². The van der Waals surface area contributed by atoms with Crippen molar-refractivity contribution in [1.29, 1.82) is 0 Å². The highest BCUT2D eigenvalue weighted by Crippen LogP contribution is 2.17. The Labute approximate surface area is 120 Å². The van der Waals surface area contributed by atoms with E-state index < -0.39 is 5.82 Å². The molecule has 0 saturated carbocycles. The van der Waals surface area contributed by atoms with Gasteiger partial charge in [0.1, 0.15) is 11.6 Å². The van der Waals surface area contributed by atoms with Gasteiger partial charge in [-0.1, -0.05) is 39.5 Å². The molecule has 3 nitrogen and oxygen atoms in total. The number of hydrogen-bond acceptors (Lipinski definition) is 2. The van der Waals surface area contributed by atoms with Crippen LogP contribution in [0.5, 0.6) is 5.75 Å². The SMILES string of the molecule is CC(C)CCCCCCNC(=O)c1ccc(F)cc1O. The fraction of sp³-hybridized carbons (Fsp3) is 0.562. The van der Waals surface area contributed by atoms with Gasteiger partial charge in [0.05, 0.1) is 5.56 Å². The minimum atomic E-state index is -0.552. The van der Waals surface area contributed by atoms with Gasteiger partial charge in [-0.15, -0.1) is 0 Å². The van der Waals surface area contributed by atoms with E-state index >= 15 is 0 Å². The Balaban J connectivity index is 2.20. The molecule has 1 aromatic carbocycles. The Hall–Kier alpha value is -1.58. The molecule has 0 heterocycles. The Morgan fingerprint density at radius 2 is 1.95 bits per heavy atom. The summed E-state index contributed by atoms with van der Waals surface area (Å²) >= 11 is 0. The summed E-state index contributed by atoms with van der Waals surface area (Å²) in [6.45, 7) is 5.02. The maximum atomic E-state index is 12.8. The topological polar surface area (TPSA) is 49.3 Å². The first-order valence-electron chi connectivity index (χ1n) is 7.27. The van der Waals surface area contributed by atoms with Crippen LogP contribution in [0.3, 0.4) is 0 Å². The van der Waals surface area contributed by atoms with E-state index in [4.69, 9.17) is 0 Å². The van der Waals surface area contributed by atoms with Crippen molar-refractivity contribution in [3.8, 4) is 5.75 Å². The number of phenolic OH excluding ortho intramolecular Hbond substituents is 1. The summed E-state index contributed by atoms with van der Waals surface area (Å²) in [7, 11) is 0. The summed E-state index contributed by atoms with van der Waals surface area (Å²) in [5, 5.41) is 12.2. The second kappa shape index (κ2) is 8.56. The van der Waals surface area contributed by atoms with Crippen molar-refractivity contribution >= 4 is 5.91 Å². The molecule has 20 heavy (non-hydrogen) atoms. The molecular weight excluding hydrogens is 257 g/mol. The van der Waals surface area contributed by atoms with E-state index in [0.29, 0.717) is 6.54 Å². The molecule has 0 saturated heterocycles. The lowest BCUT2D eigenvalue weighted by Gasteiger charge is -2.07. The molecule has 0 aliphatic carbocycles. The van der Waals surface area contributed by atoms with E-state index in [9.17, 15) is 14.3 Å². The van der Waals surface area contributed by atoms with E-state index in [0.717, 1.165) is 24.8 Å². The summed E-state index contributed by atoms with van der Waals surface area (Å²) in [4.78, 5) is 11.8. The number of nitrogens with one attached hydrogen (secondary N) is 1. The van der Waals surface area contributed by atoms with Crippen molar-refractivity contribution < 1.29 is 14.3 Å². The molecule has 2 N–H and O–H groups in total. The van der Waals surface area contributed by atoms with Gasteiger partial charge >= 0.3 is 0 Å². The predicted molar refractivity (Wildman–Crippen MR) is 78.3 cm³/mol. The summed E-state index contributed by atoms with van der Waals surface area (Å²) in [6.07, 6.45) is 5.66. The number of benzene rings is 1. The van der Waals surface area contributed by atoms with Crippen LogP contribution in [0.25, 0.3) is 0 Å². The van der Waals surface area contributed by atoms with Crippen LogP contribution in [-0.2, 0) is 0 Å². The first kappa shape index (κ1) is 16.5. The second-order valence-electron chi connectivity index (χ2n) is 5.51. The highest BCUT2D eigenvalue weighted by Gasteiger charge is 2.10. The minimum Gasteiger partial charge on any atom is -0.507 e. The number of rotatable bonds is 8.